The third-order valence-corrected chi connectivity index (χ3v) is 7.39. The van der Waals surface area contributed by atoms with E-state index in [1.165, 1.54) is 0 Å². The van der Waals surface area contributed by atoms with Crippen molar-refractivity contribution in [2.24, 2.45) is 0 Å². The summed E-state index contributed by atoms with van der Waals surface area (Å²) in [4.78, 5) is 31.4. The Bertz CT molecular complexity index is 1010. The molecule has 0 aromatic carbocycles. The summed E-state index contributed by atoms with van der Waals surface area (Å²) in [7, 11) is 0. The number of ketones is 1. The molecule has 2 aromatic rings. The Kier molecular flexibility index (Phi) is 9.86. The molecule has 1 amide bonds. The standard InChI is InChI=1S/C24H29Cl2N5O2S/c1-15-13-20(25)30-23(26)21(15)24(33)28-9-4-16(2)31-10-5-18(6-11-31)29-22(19(32)3-8-27)17-7-12-34-14-17/h7,12-14,16,18,22,29H,3-6,9-11H2,1-2H3,(H,28,33)/t16-,22?/m1/s1. The molecule has 182 valence electrons. The number of hydrogen-bond donors (Lipinski definition) is 2. The molecular weight excluding hydrogens is 493 g/mol. The Morgan fingerprint density at radius 3 is 2.71 bits per heavy atom. The first-order valence-corrected chi connectivity index (χ1v) is 13.0. The quantitative estimate of drug-likeness (QED) is 0.445. The molecule has 1 fully saturated rings. The first-order chi connectivity index (χ1) is 16.3. The number of pyridine rings is 1. The van der Waals surface area contributed by atoms with E-state index in [1.54, 1.807) is 24.3 Å². The lowest BCUT2D eigenvalue weighted by atomic mass is 9.98. The number of hydrogen-bond acceptors (Lipinski definition) is 7. The van der Waals surface area contributed by atoms with E-state index in [1.807, 2.05) is 22.9 Å². The number of thiophene rings is 1. The summed E-state index contributed by atoms with van der Waals surface area (Å²) < 4.78 is 0. The lowest BCUT2D eigenvalue weighted by Gasteiger charge is -2.37. The Morgan fingerprint density at radius 1 is 1.35 bits per heavy atom. The number of carbonyl (C=O) groups excluding carboxylic acids is 2. The van der Waals surface area contributed by atoms with E-state index in [2.05, 4.69) is 27.4 Å². The van der Waals surface area contributed by atoms with Gasteiger partial charge in [0.2, 0.25) is 0 Å². The van der Waals surface area contributed by atoms with Gasteiger partial charge in [-0.1, -0.05) is 23.2 Å². The number of rotatable bonds is 10. The summed E-state index contributed by atoms with van der Waals surface area (Å²) in [5.74, 6) is -0.332. The lowest BCUT2D eigenvalue weighted by molar-refractivity contribution is -0.120. The third kappa shape index (κ3) is 7.00. The maximum absolute atomic E-state index is 12.6. The highest BCUT2D eigenvalue weighted by atomic mass is 35.5. The molecule has 0 saturated carbocycles. The van der Waals surface area contributed by atoms with E-state index in [9.17, 15) is 9.59 Å². The summed E-state index contributed by atoms with van der Waals surface area (Å²) in [5, 5.41) is 19.7. The van der Waals surface area contributed by atoms with Crippen molar-refractivity contribution in [2.45, 2.75) is 57.7 Å². The third-order valence-electron chi connectivity index (χ3n) is 6.22. The SMILES string of the molecule is Cc1cc(Cl)nc(Cl)c1C(=O)NCC[C@@H](C)N1CCC(NC(C(=O)CC#N)c2ccsc2)CC1. The number of nitrogens with zero attached hydrogens (tertiary/aromatic N) is 3. The van der Waals surface area contributed by atoms with E-state index in [0.717, 1.165) is 37.9 Å². The van der Waals surface area contributed by atoms with Crippen LogP contribution >= 0.6 is 34.5 Å². The van der Waals surface area contributed by atoms with Gasteiger partial charge in [0, 0.05) is 18.6 Å². The van der Waals surface area contributed by atoms with Crippen LogP contribution in [0.4, 0.5) is 0 Å². The van der Waals surface area contributed by atoms with Gasteiger partial charge in [0.05, 0.1) is 24.1 Å². The van der Waals surface area contributed by atoms with Crippen molar-refractivity contribution >= 4 is 46.2 Å². The van der Waals surface area contributed by atoms with Crippen molar-refractivity contribution in [1.29, 1.82) is 5.26 Å². The zero-order valence-electron chi connectivity index (χ0n) is 19.3. The number of Topliss-reactive ketones (excluding diaryl/α,β-unsaturated/α-hetero) is 1. The van der Waals surface area contributed by atoms with Crippen LogP contribution in [-0.4, -0.2) is 53.3 Å². The molecule has 10 heteroatoms. The fourth-order valence-corrected chi connectivity index (χ4v) is 5.57. The van der Waals surface area contributed by atoms with Crippen molar-refractivity contribution < 1.29 is 9.59 Å². The van der Waals surface area contributed by atoms with Crippen LogP contribution < -0.4 is 10.6 Å². The van der Waals surface area contributed by atoms with Crippen molar-refractivity contribution in [3.05, 3.63) is 49.9 Å². The minimum atomic E-state index is -0.423. The zero-order chi connectivity index (χ0) is 24.7. The van der Waals surface area contributed by atoms with Crippen LogP contribution in [0.2, 0.25) is 10.3 Å². The Labute approximate surface area is 214 Å². The molecule has 0 spiro atoms. The van der Waals surface area contributed by atoms with Gasteiger partial charge in [-0.25, -0.2) is 4.98 Å². The average molecular weight is 523 g/mol. The molecule has 34 heavy (non-hydrogen) atoms. The summed E-state index contributed by atoms with van der Waals surface area (Å²) >= 11 is 13.5. The summed E-state index contributed by atoms with van der Waals surface area (Å²) in [6, 6.07) is 5.64. The number of aryl methyl sites for hydroxylation is 1. The molecule has 0 aliphatic carbocycles. The molecular formula is C24H29Cl2N5O2S. The number of halogens is 2. The van der Waals surface area contributed by atoms with Gasteiger partial charge >= 0.3 is 0 Å². The predicted octanol–water partition coefficient (Wildman–Crippen LogP) is 4.54. The smallest absolute Gasteiger partial charge is 0.254 e. The zero-order valence-corrected chi connectivity index (χ0v) is 21.6. The van der Waals surface area contributed by atoms with Crippen LogP contribution in [0.3, 0.4) is 0 Å². The first kappa shape index (κ1) is 26.6. The fraction of sp³-hybridized carbons (Fsp3) is 0.500. The number of piperidine rings is 1. The second-order valence-electron chi connectivity index (χ2n) is 8.59. The van der Waals surface area contributed by atoms with Gasteiger partial charge in [-0.3, -0.25) is 9.59 Å². The van der Waals surface area contributed by atoms with E-state index in [4.69, 9.17) is 28.5 Å². The largest absolute Gasteiger partial charge is 0.352 e. The van der Waals surface area contributed by atoms with Crippen LogP contribution in [0.25, 0.3) is 0 Å². The maximum Gasteiger partial charge on any atom is 0.254 e. The van der Waals surface area contributed by atoms with Crippen molar-refractivity contribution in [1.82, 2.24) is 20.5 Å². The minimum absolute atomic E-state index is 0.0846. The first-order valence-electron chi connectivity index (χ1n) is 11.3. The van der Waals surface area contributed by atoms with Gasteiger partial charge in [-0.15, -0.1) is 0 Å². The number of nitrogens with one attached hydrogen (secondary N) is 2. The van der Waals surface area contributed by atoms with Crippen LogP contribution in [0.5, 0.6) is 0 Å². The number of aromatic nitrogens is 1. The average Bonchev–Trinajstić information content (AvgIpc) is 3.31. The molecule has 1 aliphatic heterocycles. The van der Waals surface area contributed by atoms with Crippen LogP contribution in [0, 0.1) is 18.3 Å². The highest BCUT2D eigenvalue weighted by Gasteiger charge is 2.28. The number of nitriles is 1. The molecule has 3 rings (SSSR count). The summed E-state index contributed by atoms with van der Waals surface area (Å²) in [6.45, 7) is 6.28. The summed E-state index contributed by atoms with van der Waals surface area (Å²) in [5.41, 5.74) is 1.99. The Balaban J connectivity index is 1.45. The van der Waals surface area contributed by atoms with Crippen molar-refractivity contribution in [2.75, 3.05) is 19.6 Å². The molecule has 7 nitrogen and oxygen atoms in total. The van der Waals surface area contributed by atoms with Gasteiger partial charge < -0.3 is 15.5 Å². The van der Waals surface area contributed by atoms with Crippen molar-refractivity contribution in [3.8, 4) is 6.07 Å². The van der Waals surface area contributed by atoms with Crippen molar-refractivity contribution in [3.63, 3.8) is 0 Å². The number of amides is 1. The van der Waals surface area contributed by atoms with Gasteiger partial charge in [0.1, 0.15) is 10.3 Å². The highest BCUT2D eigenvalue weighted by molar-refractivity contribution is 7.08. The molecule has 0 radical (unpaired) electrons. The lowest BCUT2D eigenvalue weighted by Crippen LogP contribution is -2.48. The molecule has 3 heterocycles. The van der Waals surface area contributed by atoms with E-state index in [0.29, 0.717) is 23.7 Å². The monoisotopic (exact) mass is 521 g/mol. The molecule has 1 saturated heterocycles. The Hall–Kier alpha value is -2.02. The van der Waals surface area contributed by atoms with E-state index >= 15 is 0 Å². The predicted molar refractivity (Wildman–Crippen MR) is 135 cm³/mol. The molecule has 2 N–H and O–H groups in total. The number of carbonyl (C=O) groups is 2. The molecule has 1 unspecified atom stereocenters. The minimum Gasteiger partial charge on any atom is -0.352 e. The van der Waals surface area contributed by atoms with Crippen LogP contribution in [-0.2, 0) is 4.79 Å². The second kappa shape index (κ2) is 12.6. The molecule has 1 aliphatic rings. The van der Waals surface area contributed by atoms with Gasteiger partial charge in [-0.05, 0) is 80.2 Å². The van der Waals surface area contributed by atoms with Crippen LogP contribution in [0.15, 0.2) is 22.9 Å². The summed E-state index contributed by atoms with van der Waals surface area (Å²) in [6.07, 6.45) is 2.55. The van der Waals surface area contributed by atoms with Gasteiger partial charge in [-0.2, -0.15) is 16.6 Å². The maximum atomic E-state index is 12.6. The normalized spacial score (nSPS) is 16.6. The Morgan fingerprint density at radius 2 is 2.09 bits per heavy atom. The van der Waals surface area contributed by atoms with Gasteiger partial charge in [0.25, 0.3) is 5.91 Å². The second-order valence-corrected chi connectivity index (χ2v) is 10.1. The molecule has 2 atom stereocenters. The van der Waals surface area contributed by atoms with Crippen LogP contribution in [0.1, 0.15) is 60.1 Å². The van der Waals surface area contributed by atoms with E-state index < -0.39 is 6.04 Å². The topological polar surface area (TPSA) is 98.1 Å². The van der Waals surface area contributed by atoms with E-state index in [-0.39, 0.29) is 34.5 Å². The highest BCUT2D eigenvalue weighted by Crippen LogP contribution is 2.23. The number of likely N-dealkylation sites (tertiary alicyclic amines) is 1. The fourth-order valence-electron chi connectivity index (χ4n) is 4.27. The molecule has 2 aromatic heterocycles. The molecule has 0 bridgehead atoms. The van der Waals surface area contributed by atoms with Gasteiger partial charge in [0.15, 0.2) is 5.78 Å².